The molecule has 5 nitrogen and oxygen atoms in total. The molecule has 0 bridgehead atoms. The molecule has 1 N–H and O–H groups in total. The lowest BCUT2D eigenvalue weighted by Gasteiger charge is -2.15. The Bertz CT molecular complexity index is 845. The summed E-state index contributed by atoms with van der Waals surface area (Å²) in [5.41, 5.74) is 2.81. The molecule has 0 amide bonds. The number of carboxylic acids is 1. The van der Waals surface area contributed by atoms with Crippen LogP contribution >= 0.6 is 0 Å². The zero-order chi connectivity index (χ0) is 19.8. The van der Waals surface area contributed by atoms with Gasteiger partial charge in [0, 0.05) is 11.1 Å². The van der Waals surface area contributed by atoms with Crippen molar-refractivity contribution in [1.29, 1.82) is 5.26 Å². The zero-order valence-corrected chi connectivity index (χ0v) is 15.7. The van der Waals surface area contributed by atoms with Gasteiger partial charge in [-0.25, -0.2) is 0 Å². The fraction of sp³-hybridized carbons (Fsp3) is 0.273. The maximum Gasteiger partial charge on any atom is 0.306 e. The van der Waals surface area contributed by atoms with Crippen molar-refractivity contribution in [3.8, 4) is 17.6 Å². The predicted octanol–water partition coefficient (Wildman–Crippen LogP) is 4.53. The molecular weight excluding hydrogens is 342 g/mol. The van der Waals surface area contributed by atoms with Crippen LogP contribution in [0.15, 0.2) is 54.1 Å². The Morgan fingerprint density at radius 2 is 1.59 bits per heavy atom. The van der Waals surface area contributed by atoms with Crippen LogP contribution in [0.2, 0.25) is 0 Å². The summed E-state index contributed by atoms with van der Waals surface area (Å²) in [6.07, 6.45) is 0.153. The van der Waals surface area contributed by atoms with E-state index in [0.29, 0.717) is 17.9 Å². The van der Waals surface area contributed by atoms with E-state index in [4.69, 9.17) is 9.47 Å². The molecule has 0 heterocycles. The summed E-state index contributed by atoms with van der Waals surface area (Å²) in [5.74, 6) is -0.130. The number of allylic oxidation sites excluding steroid dienone is 1. The highest BCUT2D eigenvalue weighted by Crippen LogP contribution is 2.32. The molecule has 140 valence electrons. The summed E-state index contributed by atoms with van der Waals surface area (Å²) in [4.78, 5) is 11.3. The van der Waals surface area contributed by atoms with Crippen LogP contribution in [0.5, 0.6) is 11.5 Å². The van der Waals surface area contributed by atoms with Gasteiger partial charge in [-0.1, -0.05) is 31.2 Å². The zero-order valence-electron chi connectivity index (χ0n) is 15.7. The minimum Gasteiger partial charge on any atom is -0.497 e. The van der Waals surface area contributed by atoms with E-state index in [1.165, 1.54) is 0 Å². The van der Waals surface area contributed by atoms with Gasteiger partial charge in [-0.15, -0.1) is 0 Å². The summed E-state index contributed by atoms with van der Waals surface area (Å²) >= 11 is 0. The Morgan fingerprint density at radius 3 is 2.00 bits per heavy atom. The van der Waals surface area contributed by atoms with Crippen molar-refractivity contribution in [2.24, 2.45) is 5.92 Å². The largest absolute Gasteiger partial charge is 0.497 e. The number of nitrogens with zero attached hydrogens (tertiary/aromatic N) is 1. The number of carboxylic acid groups (broad SMARTS) is 1. The number of hydrogen-bond donors (Lipinski definition) is 1. The lowest BCUT2D eigenvalue weighted by Crippen LogP contribution is -2.11. The molecule has 0 spiro atoms. The number of methoxy groups -OCH3 is 1. The molecule has 0 saturated carbocycles. The van der Waals surface area contributed by atoms with Crippen LogP contribution in [0, 0.1) is 17.2 Å². The normalized spacial score (nSPS) is 12.5. The van der Waals surface area contributed by atoms with Crippen molar-refractivity contribution in [1.82, 2.24) is 0 Å². The molecule has 0 fully saturated rings. The quantitative estimate of drug-likeness (QED) is 0.695. The van der Waals surface area contributed by atoms with Gasteiger partial charge >= 0.3 is 5.97 Å². The Hall–Kier alpha value is -3.26. The van der Waals surface area contributed by atoms with Crippen LogP contribution < -0.4 is 9.47 Å². The molecule has 0 aliphatic rings. The van der Waals surface area contributed by atoms with E-state index >= 15 is 0 Å². The first kappa shape index (κ1) is 20.1. The van der Waals surface area contributed by atoms with Crippen LogP contribution in [-0.4, -0.2) is 24.8 Å². The first-order valence-corrected chi connectivity index (χ1v) is 8.73. The number of ether oxygens (including phenoxy) is 2. The monoisotopic (exact) mass is 365 g/mol. The Balaban J connectivity index is 2.57. The Labute approximate surface area is 159 Å². The summed E-state index contributed by atoms with van der Waals surface area (Å²) in [5, 5.41) is 19.0. The minimum absolute atomic E-state index is 0.153. The van der Waals surface area contributed by atoms with Crippen molar-refractivity contribution in [2.45, 2.75) is 20.3 Å². The molecule has 2 rings (SSSR count). The number of nitriles is 1. The Morgan fingerprint density at radius 1 is 1.07 bits per heavy atom. The van der Waals surface area contributed by atoms with Crippen LogP contribution in [-0.2, 0) is 4.79 Å². The van der Waals surface area contributed by atoms with Gasteiger partial charge in [-0.3, -0.25) is 4.79 Å². The van der Waals surface area contributed by atoms with Crippen LogP contribution in [0.1, 0.15) is 31.4 Å². The van der Waals surface area contributed by atoms with Crippen molar-refractivity contribution in [3.63, 3.8) is 0 Å². The van der Waals surface area contributed by atoms with Gasteiger partial charge in [0.2, 0.25) is 0 Å². The summed E-state index contributed by atoms with van der Waals surface area (Å²) < 4.78 is 10.7. The number of aliphatic carboxylic acids is 1. The standard InChI is InChI=1S/C22H23NO4/c1-4-27-20-11-7-17(8-12-20)21(16-5-9-19(26-3)10-6-16)18(14-23)13-15(2)22(24)25/h5-12,15H,4,13H2,1-3H3,(H,24,25). The summed E-state index contributed by atoms with van der Waals surface area (Å²) in [6.45, 7) is 4.08. The molecule has 1 unspecified atom stereocenters. The molecular formula is C22H23NO4. The van der Waals surface area contributed by atoms with Crippen LogP contribution in [0.4, 0.5) is 0 Å². The molecule has 0 radical (unpaired) electrons. The van der Waals surface area contributed by atoms with Crippen molar-refractivity contribution >= 4 is 11.5 Å². The van der Waals surface area contributed by atoms with Gasteiger partial charge < -0.3 is 14.6 Å². The average molecular weight is 365 g/mol. The molecule has 0 aliphatic heterocycles. The molecule has 5 heteroatoms. The first-order valence-electron chi connectivity index (χ1n) is 8.73. The topological polar surface area (TPSA) is 79.5 Å². The van der Waals surface area contributed by atoms with Gasteiger partial charge in [-0.05, 0) is 48.7 Å². The SMILES string of the molecule is CCOc1ccc(C(=C(C#N)CC(C)C(=O)O)c2ccc(OC)cc2)cc1. The molecule has 1 atom stereocenters. The average Bonchev–Trinajstić information content (AvgIpc) is 2.69. The smallest absolute Gasteiger partial charge is 0.306 e. The third-order valence-electron chi connectivity index (χ3n) is 4.20. The molecule has 27 heavy (non-hydrogen) atoms. The third-order valence-corrected chi connectivity index (χ3v) is 4.20. The van der Waals surface area contributed by atoms with E-state index in [0.717, 1.165) is 22.4 Å². The van der Waals surface area contributed by atoms with Crippen molar-refractivity contribution in [3.05, 3.63) is 65.2 Å². The predicted molar refractivity (Wildman–Crippen MR) is 104 cm³/mol. The van der Waals surface area contributed by atoms with E-state index in [-0.39, 0.29) is 6.42 Å². The fourth-order valence-electron chi connectivity index (χ4n) is 2.75. The molecule has 0 saturated heterocycles. The van der Waals surface area contributed by atoms with Gasteiger partial charge in [0.1, 0.15) is 11.5 Å². The van der Waals surface area contributed by atoms with E-state index in [2.05, 4.69) is 6.07 Å². The van der Waals surface area contributed by atoms with Crippen molar-refractivity contribution < 1.29 is 19.4 Å². The minimum atomic E-state index is -0.927. The van der Waals surface area contributed by atoms with E-state index in [9.17, 15) is 15.2 Å². The Kier molecular flexibility index (Phi) is 7.01. The summed E-state index contributed by atoms with van der Waals surface area (Å²) in [6, 6.07) is 17.0. The van der Waals surface area contributed by atoms with Gasteiger partial charge in [-0.2, -0.15) is 5.26 Å². The first-order chi connectivity index (χ1) is 13.0. The van der Waals surface area contributed by atoms with Crippen LogP contribution in [0.25, 0.3) is 5.57 Å². The number of rotatable bonds is 8. The number of carbonyl (C=O) groups is 1. The van der Waals surface area contributed by atoms with Gasteiger partial charge in [0.25, 0.3) is 0 Å². The number of benzene rings is 2. The summed E-state index contributed by atoms with van der Waals surface area (Å²) in [7, 11) is 1.59. The maximum atomic E-state index is 11.3. The van der Waals surface area contributed by atoms with Crippen LogP contribution in [0.3, 0.4) is 0 Å². The molecule has 0 aromatic heterocycles. The fourth-order valence-corrected chi connectivity index (χ4v) is 2.75. The highest BCUT2D eigenvalue weighted by molar-refractivity contribution is 5.85. The van der Waals surface area contributed by atoms with E-state index in [1.807, 2.05) is 55.5 Å². The molecule has 0 aliphatic carbocycles. The second-order valence-electron chi connectivity index (χ2n) is 6.09. The maximum absolute atomic E-state index is 11.3. The van der Waals surface area contributed by atoms with E-state index in [1.54, 1.807) is 14.0 Å². The lowest BCUT2D eigenvalue weighted by atomic mass is 9.89. The van der Waals surface area contributed by atoms with Gasteiger partial charge in [0.05, 0.1) is 25.7 Å². The van der Waals surface area contributed by atoms with Gasteiger partial charge in [0.15, 0.2) is 0 Å². The van der Waals surface area contributed by atoms with E-state index < -0.39 is 11.9 Å². The second-order valence-corrected chi connectivity index (χ2v) is 6.09. The van der Waals surface area contributed by atoms with Crippen molar-refractivity contribution in [2.75, 3.05) is 13.7 Å². The highest BCUT2D eigenvalue weighted by atomic mass is 16.5. The highest BCUT2D eigenvalue weighted by Gasteiger charge is 2.19. The second kappa shape index (κ2) is 9.44. The lowest BCUT2D eigenvalue weighted by molar-refractivity contribution is -0.141. The number of hydrogen-bond acceptors (Lipinski definition) is 4. The third kappa shape index (κ3) is 5.11. The molecule has 2 aromatic carbocycles. The molecule has 2 aromatic rings.